The van der Waals surface area contributed by atoms with Crippen molar-refractivity contribution in [3.05, 3.63) is 35.9 Å². The molecule has 0 unspecified atom stereocenters. The van der Waals surface area contributed by atoms with Crippen molar-refractivity contribution in [2.75, 3.05) is 6.54 Å². The lowest BCUT2D eigenvalue weighted by Gasteiger charge is -2.23. The summed E-state index contributed by atoms with van der Waals surface area (Å²) in [6, 6.07) is 9.02. The molecule has 0 spiro atoms. The fourth-order valence-corrected chi connectivity index (χ4v) is 2.36. The Morgan fingerprint density at radius 2 is 2.05 bits per heavy atom. The highest BCUT2D eigenvalue weighted by atomic mass is 16.6. The molecule has 19 heavy (non-hydrogen) atoms. The zero-order chi connectivity index (χ0) is 13.8. The number of aliphatic hydroxyl groups is 2. The molecule has 0 bridgehead atoms. The van der Waals surface area contributed by atoms with E-state index < -0.39 is 18.3 Å². The minimum absolute atomic E-state index is 0.118. The second-order valence-electron chi connectivity index (χ2n) is 4.73. The molecule has 3 atom stereocenters. The second kappa shape index (κ2) is 6.04. The van der Waals surface area contributed by atoms with Gasteiger partial charge in [0.15, 0.2) is 0 Å². The van der Waals surface area contributed by atoms with Crippen LogP contribution in [-0.4, -0.2) is 46.0 Å². The van der Waals surface area contributed by atoms with E-state index in [1.165, 1.54) is 4.90 Å². The number of benzene rings is 1. The van der Waals surface area contributed by atoms with Crippen LogP contribution in [0, 0.1) is 0 Å². The van der Waals surface area contributed by atoms with Crippen molar-refractivity contribution in [3.8, 4) is 0 Å². The first-order valence-electron chi connectivity index (χ1n) is 6.47. The molecule has 1 heterocycles. The fraction of sp³-hybridized carbons (Fsp3) is 0.500. The standard InChI is InChI=1S/C14H19NO4/c1-2-11-13(17)12(16)8-15(11)14(18)19-9-10-6-4-3-5-7-10/h3-7,11-13,16-17H,2,8-9H2,1H3/t11-,12+,13+/m0/s1. The van der Waals surface area contributed by atoms with Gasteiger partial charge in [-0.2, -0.15) is 0 Å². The predicted octanol–water partition coefficient (Wildman–Crippen LogP) is 1.14. The van der Waals surface area contributed by atoms with Gasteiger partial charge in [-0.25, -0.2) is 4.79 Å². The van der Waals surface area contributed by atoms with E-state index in [9.17, 15) is 15.0 Å². The molecule has 5 heteroatoms. The van der Waals surface area contributed by atoms with Gasteiger partial charge in [0, 0.05) is 0 Å². The molecule has 5 nitrogen and oxygen atoms in total. The molecule has 1 aliphatic rings. The van der Waals surface area contributed by atoms with Crippen molar-refractivity contribution < 1.29 is 19.7 Å². The van der Waals surface area contributed by atoms with Gasteiger partial charge in [0.2, 0.25) is 0 Å². The Bertz CT molecular complexity index is 423. The molecule has 0 aliphatic carbocycles. The average Bonchev–Trinajstić information content (AvgIpc) is 2.73. The van der Waals surface area contributed by atoms with Gasteiger partial charge in [0.1, 0.15) is 12.7 Å². The van der Waals surface area contributed by atoms with E-state index in [0.717, 1.165) is 5.56 Å². The minimum Gasteiger partial charge on any atom is -0.445 e. The fourth-order valence-electron chi connectivity index (χ4n) is 2.36. The normalized spacial score (nSPS) is 26.5. The lowest BCUT2D eigenvalue weighted by Crippen LogP contribution is -2.39. The number of likely N-dealkylation sites (tertiary alicyclic amines) is 1. The highest BCUT2D eigenvalue weighted by molar-refractivity contribution is 5.68. The summed E-state index contributed by atoms with van der Waals surface area (Å²) in [5.74, 6) is 0. The van der Waals surface area contributed by atoms with Crippen LogP contribution in [0.2, 0.25) is 0 Å². The van der Waals surface area contributed by atoms with Crippen LogP contribution in [0.5, 0.6) is 0 Å². The van der Waals surface area contributed by atoms with E-state index in [4.69, 9.17) is 4.74 Å². The molecule has 2 rings (SSSR count). The Labute approximate surface area is 112 Å². The highest BCUT2D eigenvalue weighted by Crippen LogP contribution is 2.22. The monoisotopic (exact) mass is 265 g/mol. The van der Waals surface area contributed by atoms with Gasteiger partial charge in [0.05, 0.1) is 18.7 Å². The zero-order valence-corrected chi connectivity index (χ0v) is 10.9. The predicted molar refractivity (Wildman–Crippen MR) is 69.4 cm³/mol. The summed E-state index contributed by atoms with van der Waals surface area (Å²) in [7, 11) is 0. The van der Waals surface area contributed by atoms with E-state index >= 15 is 0 Å². The summed E-state index contributed by atoms with van der Waals surface area (Å²) in [6.45, 7) is 2.18. The van der Waals surface area contributed by atoms with E-state index in [2.05, 4.69) is 0 Å². The van der Waals surface area contributed by atoms with Crippen LogP contribution in [0.4, 0.5) is 4.79 Å². The van der Waals surface area contributed by atoms with E-state index in [-0.39, 0.29) is 19.2 Å². The number of carbonyl (C=O) groups is 1. The molecule has 2 N–H and O–H groups in total. The number of carbonyl (C=O) groups excluding carboxylic acids is 1. The van der Waals surface area contributed by atoms with Gasteiger partial charge < -0.3 is 14.9 Å². The third kappa shape index (κ3) is 3.05. The van der Waals surface area contributed by atoms with Crippen LogP contribution in [0.25, 0.3) is 0 Å². The van der Waals surface area contributed by atoms with Gasteiger partial charge in [-0.3, -0.25) is 4.90 Å². The zero-order valence-electron chi connectivity index (χ0n) is 10.9. The van der Waals surface area contributed by atoms with Gasteiger partial charge in [0.25, 0.3) is 0 Å². The largest absolute Gasteiger partial charge is 0.445 e. The summed E-state index contributed by atoms with van der Waals surface area (Å²) in [4.78, 5) is 13.4. The Balaban J connectivity index is 1.93. The van der Waals surface area contributed by atoms with Crippen molar-refractivity contribution in [2.45, 2.75) is 38.2 Å². The topological polar surface area (TPSA) is 70.0 Å². The highest BCUT2D eigenvalue weighted by Gasteiger charge is 2.41. The quantitative estimate of drug-likeness (QED) is 0.860. The van der Waals surface area contributed by atoms with Crippen molar-refractivity contribution in [2.24, 2.45) is 0 Å². The molecular weight excluding hydrogens is 246 g/mol. The minimum atomic E-state index is -0.894. The first-order chi connectivity index (χ1) is 9.13. The van der Waals surface area contributed by atoms with E-state index in [0.29, 0.717) is 6.42 Å². The Morgan fingerprint density at radius 3 is 2.68 bits per heavy atom. The van der Waals surface area contributed by atoms with Crippen LogP contribution in [0.1, 0.15) is 18.9 Å². The van der Waals surface area contributed by atoms with Gasteiger partial charge in [-0.05, 0) is 12.0 Å². The van der Waals surface area contributed by atoms with Gasteiger partial charge >= 0.3 is 6.09 Å². The lowest BCUT2D eigenvalue weighted by atomic mass is 10.1. The number of β-amino-alcohol motifs (C(OH)–C–C–N with tert-alkyl or cyclic N) is 1. The molecule has 1 aromatic carbocycles. The summed E-state index contributed by atoms with van der Waals surface area (Å²) < 4.78 is 5.21. The molecule has 1 amide bonds. The molecule has 1 aliphatic heterocycles. The third-order valence-corrected chi connectivity index (χ3v) is 3.43. The number of hydrogen-bond acceptors (Lipinski definition) is 4. The van der Waals surface area contributed by atoms with E-state index in [1.54, 1.807) is 0 Å². The number of amides is 1. The number of nitrogens with zero attached hydrogens (tertiary/aromatic N) is 1. The number of rotatable bonds is 3. The van der Waals surface area contributed by atoms with Gasteiger partial charge in [-0.15, -0.1) is 0 Å². The third-order valence-electron chi connectivity index (χ3n) is 3.43. The molecule has 0 saturated carbocycles. The second-order valence-corrected chi connectivity index (χ2v) is 4.73. The van der Waals surface area contributed by atoms with Crippen LogP contribution in [0.3, 0.4) is 0 Å². The first kappa shape index (κ1) is 13.8. The number of ether oxygens (including phenoxy) is 1. The molecule has 104 valence electrons. The van der Waals surface area contributed by atoms with Crippen molar-refractivity contribution in [3.63, 3.8) is 0 Å². The van der Waals surface area contributed by atoms with Crippen LogP contribution >= 0.6 is 0 Å². The maximum Gasteiger partial charge on any atom is 0.410 e. The SMILES string of the molecule is CC[C@H]1[C@@H](O)[C@H](O)CN1C(=O)OCc1ccccc1. The Hall–Kier alpha value is -1.59. The first-order valence-corrected chi connectivity index (χ1v) is 6.47. The van der Waals surface area contributed by atoms with Crippen molar-refractivity contribution >= 4 is 6.09 Å². The molecule has 1 aromatic rings. The molecule has 1 fully saturated rings. The molecule has 1 saturated heterocycles. The Morgan fingerprint density at radius 1 is 1.37 bits per heavy atom. The van der Waals surface area contributed by atoms with Crippen LogP contribution < -0.4 is 0 Å². The maximum atomic E-state index is 12.0. The summed E-state index contributed by atoms with van der Waals surface area (Å²) in [5.41, 5.74) is 0.907. The summed E-state index contributed by atoms with van der Waals surface area (Å²) >= 11 is 0. The van der Waals surface area contributed by atoms with E-state index in [1.807, 2.05) is 37.3 Å². The average molecular weight is 265 g/mol. The molecule has 0 aromatic heterocycles. The summed E-state index contributed by atoms with van der Waals surface area (Å²) in [6.07, 6.45) is -1.70. The molecular formula is C14H19NO4. The lowest BCUT2D eigenvalue weighted by molar-refractivity contribution is 0.0351. The van der Waals surface area contributed by atoms with Crippen LogP contribution in [0.15, 0.2) is 30.3 Å². The van der Waals surface area contributed by atoms with Crippen molar-refractivity contribution in [1.82, 2.24) is 4.90 Å². The number of aliphatic hydroxyl groups excluding tert-OH is 2. The number of hydrogen-bond donors (Lipinski definition) is 2. The van der Waals surface area contributed by atoms with Gasteiger partial charge in [-0.1, -0.05) is 37.3 Å². The Kier molecular flexibility index (Phi) is 4.39. The van der Waals surface area contributed by atoms with Crippen LogP contribution in [-0.2, 0) is 11.3 Å². The smallest absolute Gasteiger partial charge is 0.410 e. The maximum absolute atomic E-state index is 12.0. The van der Waals surface area contributed by atoms with Crippen molar-refractivity contribution in [1.29, 1.82) is 0 Å². The molecule has 0 radical (unpaired) electrons. The summed E-state index contributed by atoms with van der Waals surface area (Å²) in [5, 5.41) is 19.4.